The summed E-state index contributed by atoms with van der Waals surface area (Å²) in [5.41, 5.74) is 1.10. The maximum atomic E-state index is 13.1. The molecule has 0 saturated carbocycles. The van der Waals surface area contributed by atoms with Gasteiger partial charge in [0.05, 0.1) is 16.3 Å². The Hall–Kier alpha value is -2.13. The number of nitrogens with zero attached hydrogens (tertiary/aromatic N) is 3. The number of carbonyl (C=O) groups excluding carboxylic acids is 2. The summed E-state index contributed by atoms with van der Waals surface area (Å²) in [6.07, 6.45) is 1.51. The molecule has 29 heavy (non-hydrogen) atoms. The van der Waals surface area contributed by atoms with Gasteiger partial charge >= 0.3 is 0 Å². The van der Waals surface area contributed by atoms with Crippen LogP contribution in [0.1, 0.15) is 26.4 Å². The predicted octanol–water partition coefficient (Wildman–Crippen LogP) is 4.91. The van der Waals surface area contributed by atoms with Gasteiger partial charge in [-0.15, -0.1) is 0 Å². The maximum Gasteiger partial charge on any atom is 0.276 e. The zero-order valence-corrected chi connectivity index (χ0v) is 18.9. The number of rotatable bonds is 4. The first-order chi connectivity index (χ1) is 13.7. The molecule has 0 fully saturated rings. The van der Waals surface area contributed by atoms with E-state index in [0.29, 0.717) is 16.3 Å². The molecule has 2 N–H and O–H groups in total. The topological polar surface area (TPSA) is 88.9 Å². The maximum absolute atomic E-state index is 13.1. The molecule has 11 heteroatoms. The zero-order valence-electron chi connectivity index (χ0n) is 15.1. The Balaban J connectivity index is 2.11. The summed E-state index contributed by atoms with van der Waals surface area (Å²) < 4.78 is 1.47. The van der Waals surface area contributed by atoms with Crippen LogP contribution in [0.5, 0.6) is 0 Å². The summed E-state index contributed by atoms with van der Waals surface area (Å²) >= 11 is 21.8. The fourth-order valence-electron chi connectivity index (χ4n) is 2.65. The Morgan fingerprint density at radius 2 is 1.90 bits per heavy atom. The first kappa shape index (κ1) is 21.6. The highest BCUT2D eigenvalue weighted by Crippen LogP contribution is 2.31. The van der Waals surface area contributed by atoms with Gasteiger partial charge in [0.1, 0.15) is 9.63 Å². The van der Waals surface area contributed by atoms with Gasteiger partial charge in [-0.2, -0.15) is 5.10 Å². The van der Waals surface area contributed by atoms with Gasteiger partial charge in [0.15, 0.2) is 11.5 Å². The van der Waals surface area contributed by atoms with Gasteiger partial charge in [-0.05, 0) is 52.7 Å². The molecular weight excluding hydrogens is 504 g/mol. The van der Waals surface area contributed by atoms with E-state index in [4.69, 9.17) is 34.8 Å². The smallest absolute Gasteiger partial charge is 0.276 e. The van der Waals surface area contributed by atoms with Crippen molar-refractivity contribution in [1.82, 2.24) is 20.1 Å². The van der Waals surface area contributed by atoms with Gasteiger partial charge in [-0.25, -0.2) is 9.67 Å². The molecule has 0 spiro atoms. The van der Waals surface area contributed by atoms with Crippen LogP contribution in [0.15, 0.2) is 35.1 Å². The quantitative estimate of drug-likeness (QED) is 0.515. The van der Waals surface area contributed by atoms with E-state index in [1.54, 1.807) is 25.1 Å². The lowest BCUT2D eigenvalue weighted by atomic mass is 10.1. The number of benzene rings is 1. The Labute approximate surface area is 189 Å². The van der Waals surface area contributed by atoms with Crippen LogP contribution in [0.3, 0.4) is 0 Å². The van der Waals surface area contributed by atoms with Crippen molar-refractivity contribution < 1.29 is 9.59 Å². The molecule has 0 aliphatic heterocycles. The zero-order chi connectivity index (χ0) is 21.3. The van der Waals surface area contributed by atoms with Crippen LogP contribution in [-0.2, 0) is 0 Å². The first-order valence-electron chi connectivity index (χ1n) is 8.13. The lowest BCUT2D eigenvalue weighted by Gasteiger charge is -2.15. The highest BCUT2D eigenvalue weighted by Gasteiger charge is 2.26. The summed E-state index contributed by atoms with van der Waals surface area (Å²) in [5.74, 6) is -0.781. The minimum absolute atomic E-state index is 0.00338. The number of nitrogens with one attached hydrogen (secondary N) is 2. The summed E-state index contributed by atoms with van der Waals surface area (Å²) in [6.45, 7) is 1.72. The molecule has 7 nitrogen and oxygen atoms in total. The normalized spacial score (nSPS) is 10.7. The highest BCUT2D eigenvalue weighted by molar-refractivity contribution is 9.10. The minimum atomic E-state index is -0.606. The second-order valence-corrected chi connectivity index (χ2v) is 7.83. The standard InChI is InChI=1S/C18H13BrCl3N5O2/c1-8-6-9(20)7-10(17(28)23-2)13(8)25-18(29)14-12(22)15(19)26-27(14)16-11(21)4-3-5-24-16/h3-7H,1-2H3,(H,23,28)(H,25,29). The summed E-state index contributed by atoms with van der Waals surface area (Å²) in [4.78, 5) is 29.6. The number of pyridine rings is 1. The van der Waals surface area contributed by atoms with Crippen LogP contribution in [0.4, 0.5) is 5.69 Å². The molecule has 2 amide bonds. The molecule has 1 aromatic carbocycles. The molecule has 3 aromatic rings. The molecule has 0 unspecified atom stereocenters. The van der Waals surface area contributed by atoms with Crippen molar-refractivity contribution >= 4 is 68.2 Å². The van der Waals surface area contributed by atoms with Crippen LogP contribution in [0.2, 0.25) is 15.1 Å². The average Bonchev–Trinajstić information content (AvgIpc) is 2.98. The van der Waals surface area contributed by atoms with E-state index < -0.39 is 11.8 Å². The monoisotopic (exact) mass is 515 g/mol. The number of amides is 2. The second kappa shape index (κ2) is 8.71. The molecule has 2 aromatic heterocycles. The SMILES string of the molecule is CNC(=O)c1cc(Cl)cc(C)c1NC(=O)c1c(Cl)c(Br)nn1-c1ncccc1Cl. The second-order valence-electron chi connectivity index (χ2n) is 5.85. The van der Waals surface area contributed by atoms with Crippen molar-refractivity contribution in [1.29, 1.82) is 0 Å². The number of hydrogen-bond donors (Lipinski definition) is 2. The van der Waals surface area contributed by atoms with Crippen LogP contribution >= 0.6 is 50.7 Å². The van der Waals surface area contributed by atoms with Crippen molar-refractivity contribution in [2.24, 2.45) is 0 Å². The summed E-state index contributed by atoms with van der Waals surface area (Å²) in [6, 6.07) is 6.36. The molecule has 3 rings (SSSR count). The van der Waals surface area contributed by atoms with Gasteiger partial charge in [0.25, 0.3) is 11.8 Å². The molecule has 0 aliphatic carbocycles. The summed E-state index contributed by atoms with van der Waals surface area (Å²) in [5, 5.41) is 10.2. The van der Waals surface area contributed by atoms with E-state index in [9.17, 15) is 9.59 Å². The van der Waals surface area contributed by atoms with Crippen LogP contribution < -0.4 is 10.6 Å². The Morgan fingerprint density at radius 1 is 1.17 bits per heavy atom. The molecule has 0 atom stereocenters. The molecule has 2 heterocycles. The van der Waals surface area contributed by atoms with E-state index in [-0.39, 0.29) is 31.7 Å². The Bertz CT molecular complexity index is 1130. The van der Waals surface area contributed by atoms with E-state index >= 15 is 0 Å². The number of anilines is 1. The van der Waals surface area contributed by atoms with Gasteiger partial charge < -0.3 is 10.6 Å². The molecule has 0 saturated heterocycles. The van der Waals surface area contributed by atoms with E-state index in [0.717, 1.165) is 0 Å². The molecule has 0 radical (unpaired) electrons. The minimum Gasteiger partial charge on any atom is -0.355 e. The summed E-state index contributed by atoms with van der Waals surface area (Å²) in [7, 11) is 1.48. The number of aromatic nitrogens is 3. The first-order valence-corrected chi connectivity index (χ1v) is 10.1. The number of carbonyl (C=O) groups is 2. The van der Waals surface area contributed by atoms with Crippen molar-refractivity contribution in [2.45, 2.75) is 6.92 Å². The number of aryl methyl sites for hydroxylation is 1. The average molecular weight is 518 g/mol. The van der Waals surface area contributed by atoms with Crippen molar-refractivity contribution in [2.75, 3.05) is 12.4 Å². The fourth-order valence-corrected chi connectivity index (χ4v) is 3.67. The van der Waals surface area contributed by atoms with Crippen LogP contribution in [0, 0.1) is 6.92 Å². The third-order valence-corrected chi connectivity index (χ3v) is 5.61. The van der Waals surface area contributed by atoms with E-state index in [1.165, 1.54) is 24.0 Å². The third-order valence-electron chi connectivity index (χ3n) is 3.95. The largest absolute Gasteiger partial charge is 0.355 e. The van der Waals surface area contributed by atoms with Crippen LogP contribution in [-0.4, -0.2) is 33.6 Å². The van der Waals surface area contributed by atoms with Crippen molar-refractivity contribution in [3.8, 4) is 5.82 Å². The lowest BCUT2D eigenvalue weighted by Crippen LogP contribution is -2.24. The van der Waals surface area contributed by atoms with E-state index in [1.807, 2.05) is 0 Å². The van der Waals surface area contributed by atoms with E-state index in [2.05, 4.69) is 36.6 Å². The van der Waals surface area contributed by atoms with Gasteiger partial charge in [-0.3, -0.25) is 9.59 Å². The highest BCUT2D eigenvalue weighted by atomic mass is 79.9. The molecule has 0 bridgehead atoms. The predicted molar refractivity (Wildman–Crippen MR) is 117 cm³/mol. The van der Waals surface area contributed by atoms with Crippen molar-refractivity contribution in [3.63, 3.8) is 0 Å². The lowest BCUT2D eigenvalue weighted by molar-refractivity contribution is 0.0964. The fraction of sp³-hybridized carbons (Fsp3) is 0.111. The molecular formula is C18H13BrCl3N5O2. The molecule has 150 valence electrons. The molecule has 0 aliphatic rings. The van der Waals surface area contributed by atoms with Gasteiger partial charge in [-0.1, -0.05) is 34.8 Å². The van der Waals surface area contributed by atoms with Crippen molar-refractivity contribution in [3.05, 3.63) is 67.0 Å². The number of halogens is 4. The Kier molecular flexibility index (Phi) is 6.48. The van der Waals surface area contributed by atoms with Crippen LogP contribution in [0.25, 0.3) is 5.82 Å². The third kappa shape index (κ3) is 4.25. The number of hydrogen-bond acceptors (Lipinski definition) is 4. The van der Waals surface area contributed by atoms with Gasteiger partial charge in [0.2, 0.25) is 0 Å². The Morgan fingerprint density at radius 3 is 2.55 bits per heavy atom. The van der Waals surface area contributed by atoms with Gasteiger partial charge in [0, 0.05) is 18.3 Å².